The van der Waals surface area contributed by atoms with Crippen molar-refractivity contribution in [2.24, 2.45) is 5.92 Å². The number of carbonyl (C=O) groups excluding carboxylic acids is 2. The molecule has 1 aliphatic rings. The molecule has 0 spiro atoms. The average molecular weight is 448 g/mol. The Kier molecular flexibility index (Phi) is 6.84. The number of pyridine rings is 1. The third kappa shape index (κ3) is 5.64. The predicted molar refractivity (Wildman–Crippen MR) is 125 cm³/mol. The first kappa shape index (κ1) is 22.7. The molecule has 3 heterocycles. The first-order chi connectivity index (χ1) is 15.9. The Morgan fingerprint density at radius 1 is 1.12 bits per heavy atom. The van der Waals surface area contributed by atoms with Crippen LogP contribution in [0.5, 0.6) is 0 Å². The fourth-order valence-corrected chi connectivity index (χ4v) is 4.05. The summed E-state index contributed by atoms with van der Waals surface area (Å²) in [6.07, 6.45) is 6.51. The minimum absolute atomic E-state index is 0.0200. The second-order valence-corrected chi connectivity index (χ2v) is 8.71. The van der Waals surface area contributed by atoms with E-state index in [0.717, 1.165) is 18.4 Å². The summed E-state index contributed by atoms with van der Waals surface area (Å²) in [7, 11) is 0. The average Bonchev–Trinajstić information content (AvgIpc) is 3.34. The Bertz CT molecular complexity index is 1080. The highest BCUT2D eigenvalue weighted by Gasteiger charge is 2.32. The van der Waals surface area contributed by atoms with Crippen LogP contribution in [0, 0.1) is 5.92 Å². The zero-order chi connectivity index (χ0) is 23.4. The minimum atomic E-state index is -0.234. The topological polar surface area (TPSA) is 98.1 Å². The lowest BCUT2D eigenvalue weighted by atomic mass is 9.90. The quantitative estimate of drug-likeness (QED) is 0.597. The second kappa shape index (κ2) is 9.95. The van der Waals surface area contributed by atoms with Gasteiger partial charge in [-0.25, -0.2) is 9.67 Å². The standard InChI is InChI=1S/C25H29N5O3/c1-16(2)22-13-21(28-17(3)31)14-23(33-22)18-5-8-20(9-6-18)29-25(32)19-7-10-24(26-15-19)30-12-4-11-27-30/h4-12,15-16,21-23H,13-14H2,1-3H3,(H,28,31)(H,29,32)/t21-,22-,23+/m1/s1. The van der Waals surface area contributed by atoms with Gasteiger partial charge in [-0.2, -0.15) is 5.10 Å². The Balaban J connectivity index is 1.41. The van der Waals surface area contributed by atoms with E-state index in [1.807, 2.05) is 30.3 Å². The largest absolute Gasteiger partial charge is 0.370 e. The molecule has 3 atom stereocenters. The lowest BCUT2D eigenvalue weighted by Gasteiger charge is -2.37. The molecule has 2 N–H and O–H groups in total. The molecule has 1 saturated heterocycles. The number of hydrogen-bond acceptors (Lipinski definition) is 5. The molecular formula is C25H29N5O3. The molecule has 0 radical (unpaired) electrons. The fraction of sp³-hybridized carbons (Fsp3) is 0.360. The molecule has 0 saturated carbocycles. The van der Waals surface area contributed by atoms with Gasteiger partial charge in [0.2, 0.25) is 5.91 Å². The Morgan fingerprint density at radius 3 is 2.52 bits per heavy atom. The van der Waals surface area contributed by atoms with Gasteiger partial charge in [0.05, 0.1) is 17.8 Å². The van der Waals surface area contributed by atoms with E-state index in [2.05, 4.69) is 34.6 Å². The van der Waals surface area contributed by atoms with Crippen molar-refractivity contribution in [3.8, 4) is 5.82 Å². The van der Waals surface area contributed by atoms with Crippen LogP contribution >= 0.6 is 0 Å². The van der Waals surface area contributed by atoms with Gasteiger partial charge in [-0.1, -0.05) is 26.0 Å². The molecule has 33 heavy (non-hydrogen) atoms. The molecule has 3 aromatic rings. The molecule has 8 heteroatoms. The number of carbonyl (C=O) groups is 2. The lowest BCUT2D eigenvalue weighted by molar-refractivity contribution is -0.123. The molecule has 4 rings (SSSR count). The van der Waals surface area contributed by atoms with E-state index in [0.29, 0.717) is 23.0 Å². The number of anilines is 1. The fourth-order valence-electron chi connectivity index (χ4n) is 4.05. The van der Waals surface area contributed by atoms with Gasteiger partial charge in [0.25, 0.3) is 5.91 Å². The van der Waals surface area contributed by atoms with Crippen LogP contribution in [-0.4, -0.2) is 38.7 Å². The Morgan fingerprint density at radius 2 is 1.91 bits per heavy atom. The summed E-state index contributed by atoms with van der Waals surface area (Å²) in [4.78, 5) is 28.5. The van der Waals surface area contributed by atoms with Crippen LogP contribution in [0.2, 0.25) is 0 Å². The summed E-state index contributed by atoms with van der Waals surface area (Å²) in [5.74, 6) is 0.747. The van der Waals surface area contributed by atoms with Crippen molar-refractivity contribution >= 4 is 17.5 Å². The zero-order valence-corrected chi connectivity index (χ0v) is 19.1. The van der Waals surface area contributed by atoms with E-state index >= 15 is 0 Å². The Labute approximate surface area is 193 Å². The molecule has 172 valence electrons. The number of nitrogens with zero attached hydrogens (tertiary/aromatic N) is 3. The summed E-state index contributed by atoms with van der Waals surface area (Å²) >= 11 is 0. The molecule has 1 aliphatic heterocycles. The number of ether oxygens (including phenoxy) is 1. The summed E-state index contributed by atoms with van der Waals surface area (Å²) in [5, 5.41) is 10.1. The van der Waals surface area contributed by atoms with Gasteiger partial charge in [0.15, 0.2) is 5.82 Å². The molecule has 0 aliphatic carbocycles. The smallest absolute Gasteiger partial charge is 0.257 e. The van der Waals surface area contributed by atoms with Crippen LogP contribution in [0.4, 0.5) is 5.69 Å². The maximum Gasteiger partial charge on any atom is 0.257 e. The molecular weight excluding hydrogens is 418 g/mol. The van der Waals surface area contributed by atoms with Crippen LogP contribution < -0.4 is 10.6 Å². The van der Waals surface area contributed by atoms with Crippen molar-refractivity contribution in [1.82, 2.24) is 20.1 Å². The summed E-state index contributed by atoms with van der Waals surface area (Å²) in [6, 6.07) is 13.0. The van der Waals surface area contributed by atoms with Gasteiger partial charge in [0, 0.05) is 37.2 Å². The van der Waals surface area contributed by atoms with Gasteiger partial charge in [-0.3, -0.25) is 9.59 Å². The van der Waals surface area contributed by atoms with Crippen molar-refractivity contribution in [3.63, 3.8) is 0 Å². The number of amides is 2. The van der Waals surface area contributed by atoms with E-state index in [9.17, 15) is 9.59 Å². The second-order valence-electron chi connectivity index (χ2n) is 8.71. The SMILES string of the molecule is CC(=O)N[C@H]1C[C@@H](c2ccc(NC(=O)c3ccc(-n4cccn4)nc3)cc2)O[C@@H](C(C)C)C1. The predicted octanol–water partition coefficient (Wildman–Crippen LogP) is 3.90. The zero-order valence-electron chi connectivity index (χ0n) is 19.1. The van der Waals surface area contributed by atoms with E-state index < -0.39 is 0 Å². The molecule has 2 amide bonds. The first-order valence-electron chi connectivity index (χ1n) is 11.2. The van der Waals surface area contributed by atoms with E-state index in [1.54, 1.807) is 36.1 Å². The van der Waals surface area contributed by atoms with Gasteiger partial charge in [0.1, 0.15) is 0 Å². The van der Waals surface area contributed by atoms with Crippen LogP contribution in [0.15, 0.2) is 61.1 Å². The summed E-state index contributed by atoms with van der Waals surface area (Å²) < 4.78 is 7.96. The number of nitrogens with one attached hydrogen (secondary N) is 2. The molecule has 0 bridgehead atoms. The van der Waals surface area contributed by atoms with Crippen LogP contribution in [-0.2, 0) is 9.53 Å². The molecule has 1 aromatic carbocycles. The molecule has 8 nitrogen and oxygen atoms in total. The maximum absolute atomic E-state index is 12.6. The number of benzene rings is 1. The van der Waals surface area contributed by atoms with Crippen LogP contribution in [0.3, 0.4) is 0 Å². The van der Waals surface area contributed by atoms with E-state index in [1.165, 1.54) is 6.20 Å². The van der Waals surface area contributed by atoms with Crippen molar-refractivity contribution in [2.75, 3.05) is 5.32 Å². The van der Waals surface area contributed by atoms with Crippen LogP contribution in [0.25, 0.3) is 5.82 Å². The van der Waals surface area contributed by atoms with Gasteiger partial charge in [-0.15, -0.1) is 0 Å². The van der Waals surface area contributed by atoms with Gasteiger partial charge >= 0.3 is 0 Å². The van der Waals surface area contributed by atoms with E-state index in [4.69, 9.17) is 4.74 Å². The lowest BCUT2D eigenvalue weighted by Crippen LogP contribution is -2.43. The molecule has 1 fully saturated rings. The normalized spacial score (nSPS) is 20.4. The van der Waals surface area contributed by atoms with Crippen LogP contribution in [0.1, 0.15) is 55.6 Å². The highest BCUT2D eigenvalue weighted by atomic mass is 16.5. The number of aromatic nitrogens is 3. The summed E-state index contributed by atoms with van der Waals surface area (Å²) in [5.41, 5.74) is 2.18. The highest BCUT2D eigenvalue weighted by molar-refractivity contribution is 6.04. The highest BCUT2D eigenvalue weighted by Crippen LogP contribution is 2.34. The van der Waals surface area contributed by atoms with E-state index in [-0.39, 0.29) is 30.1 Å². The molecule has 0 unspecified atom stereocenters. The van der Waals surface area contributed by atoms with Gasteiger partial charge < -0.3 is 15.4 Å². The summed E-state index contributed by atoms with van der Waals surface area (Å²) in [6.45, 7) is 5.81. The van der Waals surface area contributed by atoms with Gasteiger partial charge in [-0.05, 0) is 54.7 Å². The Hall–Kier alpha value is -3.52. The van der Waals surface area contributed by atoms with Crippen molar-refractivity contribution in [3.05, 3.63) is 72.2 Å². The monoisotopic (exact) mass is 447 g/mol. The minimum Gasteiger partial charge on any atom is -0.370 e. The third-order valence-corrected chi connectivity index (χ3v) is 5.79. The number of hydrogen-bond donors (Lipinski definition) is 2. The maximum atomic E-state index is 12.6. The molecule has 2 aromatic heterocycles. The number of rotatable bonds is 6. The van der Waals surface area contributed by atoms with Crippen molar-refractivity contribution < 1.29 is 14.3 Å². The third-order valence-electron chi connectivity index (χ3n) is 5.79. The first-order valence-corrected chi connectivity index (χ1v) is 11.2. The van der Waals surface area contributed by atoms with Crippen molar-refractivity contribution in [1.29, 1.82) is 0 Å². The van der Waals surface area contributed by atoms with Crippen molar-refractivity contribution in [2.45, 2.75) is 51.9 Å².